The maximum Gasteiger partial charge on any atom is 0.305 e. The molecule has 498 valence electrons. The van der Waals surface area contributed by atoms with Gasteiger partial charge in [0.2, 0.25) is 5.91 Å². The zero-order valence-electron chi connectivity index (χ0n) is 57.2. The van der Waals surface area contributed by atoms with Gasteiger partial charge in [0.25, 0.3) is 0 Å². The molecule has 1 amide bonds. The minimum atomic E-state index is -0.662. The van der Waals surface area contributed by atoms with Crippen LogP contribution in [0.4, 0.5) is 0 Å². The number of nitrogens with one attached hydrogen (secondary N) is 1. The highest BCUT2D eigenvalue weighted by Crippen LogP contribution is 2.20. The molecule has 0 saturated carbocycles. The summed E-state index contributed by atoms with van der Waals surface area (Å²) in [5.74, 6) is -0.0142. The summed E-state index contributed by atoms with van der Waals surface area (Å²) in [4.78, 5) is 24.6. The van der Waals surface area contributed by atoms with Gasteiger partial charge in [-0.3, -0.25) is 9.59 Å². The molecule has 0 aliphatic carbocycles. The Bertz CT molecular complexity index is 1320. The van der Waals surface area contributed by atoms with Crippen LogP contribution < -0.4 is 5.32 Å². The predicted octanol–water partition coefficient (Wildman–Crippen LogP) is 25.3. The van der Waals surface area contributed by atoms with Crippen LogP contribution in [0.25, 0.3) is 0 Å². The second-order valence-corrected chi connectivity index (χ2v) is 26.7. The molecular weight excluding hydrogens is 1030 g/mol. The van der Waals surface area contributed by atoms with Crippen LogP contribution in [0.15, 0.2) is 24.3 Å². The molecule has 3 N–H and O–H groups in total. The molecule has 0 aliphatic rings. The first kappa shape index (κ1) is 82.3. The van der Waals surface area contributed by atoms with Gasteiger partial charge in [0.1, 0.15) is 0 Å². The summed E-state index contributed by atoms with van der Waals surface area (Å²) < 4.78 is 5.50. The Morgan fingerprint density at radius 1 is 0.321 bits per heavy atom. The zero-order chi connectivity index (χ0) is 60.6. The summed E-state index contributed by atoms with van der Waals surface area (Å²) >= 11 is 0. The molecule has 6 heteroatoms. The second kappa shape index (κ2) is 73.8. The summed E-state index contributed by atoms with van der Waals surface area (Å²) in [6.45, 7) is 4.99. The van der Waals surface area contributed by atoms with Crippen LogP contribution >= 0.6 is 0 Å². The Kier molecular flexibility index (Phi) is 72.3. The molecular formula is C78H151NO5. The summed E-state index contributed by atoms with van der Waals surface area (Å²) in [5, 5.41) is 23.4. The zero-order valence-corrected chi connectivity index (χ0v) is 57.2. The van der Waals surface area contributed by atoms with E-state index in [-0.39, 0.29) is 18.5 Å². The summed E-state index contributed by atoms with van der Waals surface area (Å²) in [5.41, 5.74) is 0. The first-order valence-electron chi connectivity index (χ1n) is 38.6. The van der Waals surface area contributed by atoms with E-state index in [1.807, 2.05) is 0 Å². The van der Waals surface area contributed by atoms with Crippen molar-refractivity contribution in [3.05, 3.63) is 24.3 Å². The predicted molar refractivity (Wildman–Crippen MR) is 370 cm³/mol. The third-order valence-corrected chi connectivity index (χ3v) is 18.2. The molecule has 0 fully saturated rings. The van der Waals surface area contributed by atoms with Gasteiger partial charge in [-0.05, 0) is 77.0 Å². The number of amides is 1. The number of esters is 1. The fourth-order valence-corrected chi connectivity index (χ4v) is 12.3. The van der Waals surface area contributed by atoms with Crippen LogP contribution in [0, 0.1) is 0 Å². The molecule has 2 unspecified atom stereocenters. The van der Waals surface area contributed by atoms with Crippen molar-refractivity contribution in [3.8, 4) is 0 Å². The molecule has 0 bridgehead atoms. The Hall–Kier alpha value is -1.66. The van der Waals surface area contributed by atoms with E-state index >= 15 is 0 Å². The highest BCUT2D eigenvalue weighted by molar-refractivity contribution is 5.76. The van der Waals surface area contributed by atoms with Crippen molar-refractivity contribution < 1.29 is 24.5 Å². The average Bonchev–Trinajstić information content (AvgIpc) is 3.51. The largest absolute Gasteiger partial charge is 0.466 e. The smallest absolute Gasteiger partial charge is 0.305 e. The van der Waals surface area contributed by atoms with Gasteiger partial charge in [0.05, 0.1) is 25.4 Å². The quantitative estimate of drug-likeness (QED) is 0.0320. The van der Waals surface area contributed by atoms with E-state index in [1.54, 1.807) is 0 Å². The van der Waals surface area contributed by atoms with Gasteiger partial charge in [0.15, 0.2) is 0 Å². The van der Waals surface area contributed by atoms with E-state index in [0.29, 0.717) is 25.9 Å². The van der Waals surface area contributed by atoms with Gasteiger partial charge in [-0.2, -0.15) is 0 Å². The first-order valence-corrected chi connectivity index (χ1v) is 38.6. The molecule has 0 radical (unpaired) electrons. The fraction of sp³-hybridized carbons (Fsp3) is 0.923. The lowest BCUT2D eigenvalue weighted by Gasteiger charge is -2.22. The van der Waals surface area contributed by atoms with Gasteiger partial charge in [-0.1, -0.05) is 372 Å². The van der Waals surface area contributed by atoms with Gasteiger partial charge in [-0.15, -0.1) is 0 Å². The van der Waals surface area contributed by atoms with E-state index in [1.165, 1.54) is 360 Å². The standard InChI is InChI=1S/C78H151NO5/c1-3-5-7-9-11-13-15-17-19-39-43-46-50-54-58-62-66-70-76(81)75(74-80)79-77(82)71-67-63-59-55-51-47-44-40-37-35-33-31-29-27-25-23-21-20-22-24-26-28-30-32-34-36-38-41-45-49-53-57-61-65-69-73-84-78(83)72-68-64-60-56-52-48-42-18-16-14-12-10-8-6-4-2/h18,22,24,42,75-76,80-81H,3-17,19-21,23,25-41,43-74H2,1-2H3,(H,79,82)/b24-22-,42-18-. The minimum Gasteiger partial charge on any atom is -0.466 e. The van der Waals surface area contributed by atoms with E-state index in [4.69, 9.17) is 4.74 Å². The lowest BCUT2D eigenvalue weighted by molar-refractivity contribution is -0.143. The van der Waals surface area contributed by atoms with Crippen molar-refractivity contribution in [2.45, 2.75) is 450 Å². The van der Waals surface area contributed by atoms with Crippen LogP contribution in [-0.2, 0) is 14.3 Å². The molecule has 84 heavy (non-hydrogen) atoms. The number of aliphatic hydroxyl groups excluding tert-OH is 2. The van der Waals surface area contributed by atoms with E-state index in [2.05, 4.69) is 43.5 Å². The van der Waals surface area contributed by atoms with Crippen LogP contribution in [0.3, 0.4) is 0 Å². The van der Waals surface area contributed by atoms with Gasteiger partial charge < -0.3 is 20.3 Å². The molecule has 0 aliphatic heterocycles. The monoisotopic (exact) mass is 1180 g/mol. The number of unbranched alkanes of at least 4 members (excludes halogenated alkanes) is 58. The maximum atomic E-state index is 12.5. The number of carbonyl (C=O) groups is 2. The summed E-state index contributed by atoms with van der Waals surface area (Å²) in [6.07, 6.45) is 94.1. The van der Waals surface area contributed by atoms with Crippen LogP contribution in [0.5, 0.6) is 0 Å². The topological polar surface area (TPSA) is 95.9 Å². The molecule has 2 atom stereocenters. The summed E-state index contributed by atoms with van der Waals surface area (Å²) in [7, 11) is 0. The van der Waals surface area contributed by atoms with Crippen molar-refractivity contribution in [3.63, 3.8) is 0 Å². The molecule has 0 heterocycles. The second-order valence-electron chi connectivity index (χ2n) is 26.7. The van der Waals surface area contributed by atoms with Crippen LogP contribution in [-0.4, -0.2) is 47.4 Å². The molecule has 0 aromatic carbocycles. The van der Waals surface area contributed by atoms with Crippen molar-refractivity contribution in [2.24, 2.45) is 0 Å². The SMILES string of the molecule is CCCCCCCC/C=C\CCCCCCCC(=O)OCCCCCCCCCCCCCCCC/C=C\CCCCCCCCCCCCCCCCCCCC(=O)NC(CO)C(O)CCCCCCCCCCCCCCCCCCC. The van der Waals surface area contributed by atoms with Gasteiger partial charge >= 0.3 is 5.97 Å². The number of ether oxygens (including phenoxy) is 1. The molecule has 0 saturated heterocycles. The number of hydrogen-bond donors (Lipinski definition) is 3. The fourth-order valence-electron chi connectivity index (χ4n) is 12.3. The normalized spacial score (nSPS) is 12.6. The first-order chi connectivity index (χ1) is 41.5. The Morgan fingerprint density at radius 3 is 0.845 bits per heavy atom. The lowest BCUT2D eigenvalue weighted by atomic mass is 10.0. The molecule has 0 rings (SSSR count). The van der Waals surface area contributed by atoms with Crippen molar-refractivity contribution >= 4 is 11.9 Å². The summed E-state index contributed by atoms with van der Waals surface area (Å²) in [6, 6.07) is -0.539. The highest BCUT2D eigenvalue weighted by atomic mass is 16.5. The highest BCUT2D eigenvalue weighted by Gasteiger charge is 2.20. The van der Waals surface area contributed by atoms with Crippen molar-refractivity contribution in [1.82, 2.24) is 5.32 Å². The maximum absolute atomic E-state index is 12.5. The third-order valence-electron chi connectivity index (χ3n) is 18.2. The van der Waals surface area contributed by atoms with Crippen molar-refractivity contribution in [1.29, 1.82) is 0 Å². The van der Waals surface area contributed by atoms with Gasteiger partial charge in [-0.25, -0.2) is 0 Å². The number of aliphatic hydroxyl groups is 2. The van der Waals surface area contributed by atoms with Crippen LogP contribution in [0.1, 0.15) is 438 Å². The van der Waals surface area contributed by atoms with Crippen LogP contribution in [0.2, 0.25) is 0 Å². The van der Waals surface area contributed by atoms with E-state index in [9.17, 15) is 19.8 Å². The Labute approximate surface area is 526 Å². The van der Waals surface area contributed by atoms with Crippen molar-refractivity contribution in [2.75, 3.05) is 13.2 Å². The number of carbonyl (C=O) groups excluding carboxylic acids is 2. The molecule has 0 aromatic rings. The number of rotatable bonds is 73. The van der Waals surface area contributed by atoms with E-state index < -0.39 is 12.1 Å². The molecule has 0 aromatic heterocycles. The Balaban J connectivity index is 3.33. The third kappa shape index (κ3) is 69.4. The minimum absolute atomic E-state index is 0.0131. The Morgan fingerprint density at radius 2 is 0.560 bits per heavy atom. The number of allylic oxidation sites excluding steroid dienone is 4. The molecule has 0 spiro atoms. The lowest BCUT2D eigenvalue weighted by Crippen LogP contribution is -2.45. The molecule has 6 nitrogen and oxygen atoms in total. The average molecular weight is 1180 g/mol. The number of hydrogen-bond acceptors (Lipinski definition) is 5. The van der Waals surface area contributed by atoms with Gasteiger partial charge in [0, 0.05) is 12.8 Å². The van der Waals surface area contributed by atoms with E-state index in [0.717, 1.165) is 44.9 Å².